The molecule has 4 nitrogen and oxygen atoms in total. The minimum Gasteiger partial charge on any atom is -0.497 e. The van der Waals surface area contributed by atoms with Crippen LogP contribution in [-0.4, -0.2) is 24.6 Å². The summed E-state index contributed by atoms with van der Waals surface area (Å²) < 4.78 is 10.5. The molecule has 0 aromatic heterocycles. The second-order valence-electron chi connectivity index (χ2n) is 5.48. The predicted molar refractivity (Wildman–Crippen MR) is 85.0 cm³/mol. The van der Waals surface area contributed by atoms with Gasteiger partial charge in [-0.05, 0) is 63.1 Å². The van der Waals surface area contributed by atoms with Gasteiger partial charge in [-0.2, -0.15) is 12.6 Å². The van der Waals surface area contributed by atoms with E-state index in [1.165, 1.54) is 0 Å². The highest BCUT2D eigenvalue weighted by atomic mass is 32.1. The number of rotatable bonds is 5. The summed E-state index contributed by atoms with van der Waals surface area (Å²) in [4.78, 5) is 11.8. The van der Waals surface area contributed by atoms with Crippen LogP contribution in [0.25, 0.3) is 0 Å². The highest BCUT2D eigenvalue weighted by Crippen LogP contribution is 2.24. The lowest BCUT2D eigenvalue weighted by Gasteiger charge is -2.20. The molecule has 1 aromatic rings. The van der Waals surface area contributed by atoms with Gasteiger partial charge in [0.2, 0.25) is 0 Å². The predicted octanol–water partition coefficient (Wildman–Crippen LogP) is 3.90. The zero-order valence-corrected chi connectivity index (χ0v) is 13.4. The third kappa shape index (κ3) is 5.74. The lowest BCUT2D eigenvalue weighted by Crippen LogP contribution is -2.27. The van der Waals surface area contributed by atoms with Crippen LogP contribution in [0.4, 0.5) is 10.5 Å². The molecule has 1 aromatic carbocycles. The van der Waals surface area contributed by atoms with Crippen LogP contribution < -0.4 is 10.1 Å². The SMILES string of the molecule is COc1ccc(NC(=O)OC(C)(C)C)c(CCCS)c1. The van der Waals surface area contributed by atoms with Gasteiger partial charge in [0, 0.05) is 5.69 Å². The quantitative estimate of drug-likeness (QED) is 0.810. The van der Waals surface area contributed by atoms with Crippen molar-refractivity contribution in [1.29, 1.82) is 0 Å². The topological polar surface area (TPSA) is 47.6 Å². The Labute approximate surface area is 126 Å². The molecule has 0 aliphatic heterocycles. The maximum atomic E-state index is 11.8. The number of hydrogen-bond donors (Lipinski definition) is 2. The molecule has 112 valence electrons. The molecule has 0 aliphatic rings. The van der Waals surface area contributed by atoms with Crippen molar-refractivity contribution >= 4 is 24.4 Å². The number of amides is 1. The lowest BCUT2D eigenvalue weighted by molar-refractivity contribution is 0.0636. The van der Waals surface area contributed by atoms with Gasteiger partial charge >= 0.3 is 6.09 Å². The van der Waals surface area contributed by atoms with E-state index in [1.54, 1.807) is 7.11 Å². The fraction of sp³-hybridized carbons (Fsp3) is 0.533. The number of methoxy groups -OCH3 is 1. The Kier molecular flexibility index (Phi) is 6.20. The van der Waals surface area contributed by atoms with Crippen molar-refractivity contribution in [3.8, 4) is 5.75 Å². The van der Waals surface area contributed by atoms with E-state index < -0.39 is 11.7 Å². The smallest absolute Gasteiger partial charge is 0.412 e. The molecule has 0 bridgehead atoms. The highest BCUT2D eigenvalue weighted by Gasteiger charge is 2.17. The Balaban J connectivity index is 2.84. The molecule has 0 saturated heterocycles. The molecule has 0 radical (unpaired) electrons. The van der Waals surface area contributed by atoms with E-state index in [4.69, 9.17) is 9.47 Å². The first-order valence-corrected chi connectivity index (χ1v) is 7.27. The van der Waals surface area contributed by atoms with Gasteiger partial charge < -0.3 is 9.47 Å². The molecule has 1 N–H and O–H groups in total. The Hall–Kier alpha value is -1.36. The van der Waals surface area contributed by atoms with Crippen LogP contribution in [0.2, 0.25) is 0 Å². The zero-order chi connectivity index (χ0) is 15.2. The summed E-state index contributed by atoms with van der Waals surface area (Å²) in [5, 5.41) is 2.79. The van der Waals surface area contributed by atoms with Crippen molar-refractivity contribution in [3.05, 3.63) is 23.8 Å². The monoisotopic (exact) mass is 297 g/mol. The number of ether oxygens (including phenoxy) is 2. The van der Waals surface area contributed by atoms with Crippen LogP contribution in [0.15, 0.2) is 18.2 Å². The van der Waals surface area contributed by atoms with Gasteiger partial charge in [-0.1, -0.05) is 0 Å². The first-order valence-electron chi connectivity index (χ1n) is 6.63. The van der Waals surface area contributed by atoms with Gasteiger partial charge in [-0.15, -0.1) is 0 Å². The second-order valence-corrected chi connectivity index (χ2v) is 5.92. The van der Waals surface area contributed by atoms with Crippen LogP contribution in [0.3, 0.4) is 0 Å². The number of hydrogen-bond acceptors (Lipinski definition) is 4. The van der Waals surface area contributed by atoms with Gasteiger partial charge in [-0.25, -0.2) is 4.79 Å². The Bertz CT molecular complexity index is 455. The molecular weight excluding hydrogens is 274 g/mol. The number of thiol groups is 1. The molecule has 0 spiro atoms. The van der Waals surface area contributed by atoms with Gasteiger partial charge in [0.15, 0.2) is 0 Å². The van der Waals surface area contributed by atoms with Crippen molar-refractivity contribution in [2.45, 2.75) is 39.2 Å². The average Bonchev–Trinajstić information content (AvgIpc) is 2.35. The van der Waals surface area contributed by atoms with Crippen LogP contribution in [-0.2, 0) is 11.2 Å². The second kappa shape index (κ2) is 7.43. The molecular formula is C15H23NO3S. The summed E-state index contributed by atoms with van der Waals surface area (Å²) in [6.07, 6.45) is 1.31. The number of benzene rings is 1. The van der Waals surface area contributed by atoms with Crippen molar-refractivity contribution < 1.29 is 14.3 Å². The fourth-order valence-electron chi connectivity index (χ4n) is 1.71. The van der Waals surface area contributed by atoms with Gasteiger partial charge in [0.05, 0.1) is 7.11 Å². The Morgan fingerprint density at radius 3 is 2.60 bits per heavy atom. The highest BCUT2D eigenvalue weighted by molar-refractivity contribution is 7.80. The number of carbonyl (C=O) groups is 1. The summed E-state index contributed by atoms with van der Waals surface area (Å²) in [6, 6.07) is 5.57. The first-order chi connectivity index (χ1) is 9.35. The summed E-state index contributed by atoms with van der Waals surface area (Å²) in [6.45, 7) is 5.51. The summed E-state index contributed by atoms with van der Waals surface area (Å²) in [5.74, 6) is 1.57. The summed E-state index contributed by atoms with van der Waals surface area (Å²) in [5.41, 5.74) is 1.26. The molecule has 0 atom stereocenters. The van der Waals surface area contributed by atoms with E-state index in [2.05, 4.69) is 17.9 Å². The number of carbonyl (C=O) groups excluding carboxylic acids is 1. The van der Waals surface area contributed by atoms with Crippen molar-refractivity contribution in [1.82, 2.24) is 0 Å². The molecule has 1 rings (SSSR count). The third-order valence-corrected chi connectivity index (χ3v) is 2.87. The van der Waals surface area contributed by atoms with E-state index in [9.17, 15) is 4.79 Å². The molecule has 0 aliphatic carbocycles. The van der Waals surface area contributed by atoms with Gasteiger partial charge in [0.25, 0.3) is 0 Å². The summed E-state index contributed by atoms with van der Waals surface area (Å²) in [7, 11) is 1.62. The maximum absolute atomic E-state index is 11.8. The van der Waals surface area contributed by atoms with E-state index in [0.29, 0.717) is 0 Å². The molecule has 20 heavy (non-hydrogen) atoms. The van der Waals surface area contributed by atoms with E-state index in [0.717, 1.165) is 35.6 Å². The third-order valence-electron chi connectivity index (χ3n) is 2.55. The maximum Gasteiger partial charge on any atom is 0.412 e. The van der Waals surface area contributed by atoms with E-state index in [1.807, 2.05) is 39.0 Å². The minimum atomic E-state index is -0.512. The minimum absolute atomic E-state index is 0.449. The summed E-state index contributed by atoms with van der Waals surface area (Å²) >= 11 is 4.22. The molecule has 1 amide bonds. The van der Waals surface area contributed by atoms with E-state index in [-0.39, 0.29) is 0 Å². The largest absolute Gasteiger partial charge is 0.497 e. The standard InChI is InChI=1S/C15H23NO3S/c1-15(2,3)19-14(17)16-13-8-7-12(18-4)10-11(13)6-5-9-20/h7-8,10,20H,5-6,9H2,1-4H3,(H,16,17). The average molecular weight is 297 g/mol. The van der Waals surface area contributed by atoms with Gasteiger partial charge in [0.1, 0.15) is 11.4 Å². The fourth-order valence-corrected chi connectivity index (χ4v) is 1.87. The zero-order valence-electron chi connectivity index (χ0n) is 12.5. The normalized spacial score (nSPS) is 11.1. The van der Waals surface area contributed by atoms with Crippen LogP contribution in [0.1, 0.15) is 32.8 Å². The molecule has 0 saturated carbocycles. The number of aryl methyl sites for hydroxylation is 1. The molecule has 0 heterocycles. The van der Waals surface area contributed by atoms with E-state index >= 15 is 0 Å². The van der Waals surface area contributed by atoms with Crippen molar-refractivity contribution in [2.24, 2.45) is 0 Å². The van der Waals surface area contributed by atoms with Crippen LogP contribution in [0, 0.1) is 0 Å². The van der Waals surface area contributed by atoms with Crippen molar-refractivity contribution in [3.63, 3.8) is 0 Å². The Morgan fingerprint density at radius 1 is 1.35 bits per heavy atom. The lowest BCUT2D eigenvalue weighted by atomic mass is 10.1. The van der Waals surface area contributed by atoms with Crippen molar-refractivity contribution in [2.75, 3.05) is 18.2 Å². The Morgan fingerprint density at radius 2 is 2.05 bits per heavy atom. The number of anilines is 1. The molecule has 0 unspecified atom stereocenters. The number of nitrogens with one attached hydrogen (secondary N) is 1. The molecule has 5 heteroatoms. The van der Waals surface area contributed by atoms with Crippen LogP contribution >= 0.6 is 12.6 Å². The van der Waals surface area contributed by atoms with Crippen LogP contribution in [0.5, 0.6) is 5.75 Å². The van der Waals surface area contributed by atoms with Gasteiger partial charge in [-0.3, -0.25) is 5.32 Å². The first kappa shape index (κ1) is 16.7. The molecule has 0 fully saturated rings.